The molecule has 7 nitrogen and oxygen atoms in total. The van der Waals surface area contributed by atoms with Gasteiger partial charge in [0.15, 0.2) is 0 Å². The summed E-state index contributed by atoms with van der Waals surface area (Å²) in [6, 6.07) is 5.46. The van der Waals surface area contributed by atoms with E-state index >= 15 is 0 Å². The quantitative estimate of drug-likeness (QED) is 0.509. The van der Waals surface area contributed by atoms with Crippen molar-refractivity contribution in [3.05, 3.63) is 28.5 Å². The van der Waals surface area contributed by atoms with Crippen LogP contribution in [0.3, 0.4) is 0 Å². The van der Waals surface area contributed by atoms with Crippen molar-refractivity contribution < 1.29 is 25.2 Å². The third-order valence-corrected chi connectivity index (χ3v) is 4.12. The number of halogens is 1. The first-order valence-electron chi connectivity index (χ1n) is 6.47. The Hall–Kier alpha value is -1.03. The van der Waals surface area contributed by atoms with E-state index in [2.05, 4.69) is 25.9 Å². The van der Waals surface area contributed by atoms with Crippen LogP contribution in [0.15, 0.2) is 22.7 Å². The van der Waals surface area contributed by atoms with Crippen molar-refractivity contribution in [2.24, 2.45) is 0 Å². The number of rotatable bonds is 2. The summed E-state index contributed by atoms with van der Waals surface area (Å²) in [6.45, 7) is -0.465. The topological polar surface area (TPSA) is 119 Å². The van der Waals surface area contributed by atoms with Crippen LogP contribution >= 0.6 is 15.9 Å². The molecule has 2 aromatic rings. The van der Waals surface area contributed by atoms with Crippen molar-refractivity contribution in [2.45, 2.75) is 30.5 Å². The SMILES string of the molecule is OC[C@H]1O[C@@H](c2nc3ccc(Br)cc3[nH]2)[C@H](O)[C@@H](O)[C@@H]1O. The molecule has 8 heteroatoms. The van der Waals surface area contributed by atoms with Crippen LogP contribution in [-0.2, 0) is 4.74 Å². The lowest BCUT2D eigenvalue weighted by atomic mass is 9.95. The van der Waals surface area contributed by atoms with Gasteiger partial charge < -0.3 is 30.1 Å². The minimum atomic E-state index is -1.42. The average Bonchev–Trinajstić information content (AvgIpc) is 2.88. The molecule has 114 valence electrons. The van der Waals surface area contributed by atoms with Gasteiger partial charge in [0.05, 0.1) is 17.6 Å². The van der Waals surface area contributed by atoms with E-state index in [-0.39, 0.29) is 0 Å². The van der Waals surface area contributed by atoms with Crippen LogP contribution in [0.5, 0.6) is 0 Å². The predicted molar refractivity (Wildman–Crippen MR) is 76.5 cm³/mol. The number of aliphatic hydroxyl groups is 4. The largest absolute Gasteiger partial charge is 0.394 e. The van der Waals surface area contributed by atoms with Gasteiger partial charge in [-0.1, -0.05) is 15.9 Å². The van der Waals surface area contributed by atoms with Gasteiger partial charge in [-0.3, -0.25) is 0 Å². The van der Waals surface area contributed by atoms with Crippen molar-refractivity contribution in [1.29, 1.82) is 0 Å². The van der Waals surface area contributed by atoms with Crippen molar-refractivity contribution in [1.82, 2.24) is 9.97 Å². The fraction of sp³-hybridized carbons (Fsp3) is 0.462. The molecule has 1 aliphatic rings. The van der Waals surface area contributed by atoms with Gasteiger partial charge in [-0.2, -0.15) is 0 Å². The number of hydrogen-bond donors (Lipinski definition) is 5. The van der Waals surface area contributed by atoms with E-state index in [1.54, 1.807) is 6.07 Å². The molecule has 1 fully saturated rings. The molecule has 5 atom stereocenters. The Morgan fingerprint density at radius 2 is 1.95 bits per heavy atom. The molecule has 0 spiro atoms. The second-order valence-electron chi connectivity index (χ2n) is 5.03. The molecule has 5 N–H and O–H groups in total. The highest BCUT2D eigenvalue weighted by molar-refractivity contribution is 9.10. The number of aromatic amines is 1. The number of hydrogen-bond acceptors (Lipinski definition) is 6. The standard InChI is InChI=1S/C13H15BrN2O5/c14-5-1-2-6-7(3-5)16-13(15-6)12-11(20)10(19)9(18)8(4-17)21-12/h1-3,8-12,17-20H,4H2,(H,15,16)/t8-,9-,10+,11-,12-/m1/s1. The summed E-state index contributed by atoms with van der Waals surface area (Å²) in [7, 11) is 0. The fourth-order valence-electron chi connectivity index (χ4n) is 2.46. The summed E-state index contributed by atoms with van der Waals surface area (Å²) in [5, 5.41) is 38.8. The zero-order chi connectivity index (χ0) is 15.1. The zero-order valence-corrected chi connectivity index (χ0v) is 12.4. The Morgan fingerprint density at radius 1 is 1.19 bits per heavy atom. The third kappa shape index (κ3) is 2.59. The summed E-state index contributed by atoms with van der Waals surface area (Å²) >= 11 is 3.35. The summed E-state index contributed by atoms with van der Waals surface area (Å²) in [5.74, 6) is 0.333. The third-order valence-electron chi connectivity index (χ3n) is 3.62. The van der Waals surface area contributed by atoms with Crippen LogP contribution in [0.1, 0.15) is 11.9 Å². The number of H-pyrrole nitrogens is 1. The zero-order valence-electron chi connectivity index (χ0n) is 10.8. The van der Waals surface area contributed by atoms with Crippen LogP contribution in [0.2, 0.25) is 0 Å². The van der Waals surface area contributed by atoms with Crippen LogP contribution < -0.4 is 0 Å². The van der Waals surface area contributed by atoms with Crippen molar-refractivity contribution in [3.63, 3.8) is 0 Å². The lowest BCUT2D eigenvalue weighted by Crippen LogP contribution is -2.55. The smallest absolute Gasteiger partial charge is 0.144 e. The number of imidazole rings is 1. The van der Waals surface area contributed by atoms with Gasteiger partial charge in [-0.15, -0.1) is 0 Å². The molecule has 0 saturated carbocycles. The van der Waals surface area contributed by atoms with Crippen LogP contribution in [0.25, 0.3) is 11.0 Å². The van der Waals surface area contributed by atoms with Gasteiger partial charge in [0.1, 0.15) is 36.3 Å². The van der Waals surface area contributed by atoms with E-state index in [1.807, 2.05) is 12.1 Å². The molecular formula is C13H15BrN2O5. The van der Waals surface area contributed by atoms with Gasteiger partial charge >= 0.3 is 0 Å². The van der Waals surface area contributed by atoms with Gasteiger partial charge in [0.25, 0.3) is 0 Å². The van der Waals surface area contributed by atoms with Crippen LogP contribution in [0.4, 0.5) is 0 Å². The number of ether oxygens (including phenoxy) is 1. The number of aromatic nitrogens is 2. The number of nitrogens with one attached hydrogen (secondary N) is 1. The maximum absolute atomic E-state index is 10.1. The summed E-state index contributed by atoms with van der Waals surface area (Å²) < 4.78 is 6.33. The Labute approximate surface area is 128 Å². The predicted octanol–water partition coefficient (Wildman–Crippen LogP) is -0.160. The van der Waals surface area contributed by atoms with Gasteiger partial charge in [-0.05, 0) is 18.2 Å². The molecular weight excluding hydrogens is 344 g/mol. The van der Waals surface area contributed by atoms with Crippen molar-refractivity contribution >= 4 is 27.0 Å². The Kier molecular flexibility index (Phi) is 4.00. The lowest BCUT2D eigenvalue weighted by Gasteiger charge is -2.39. The van der Waals surface area contributed by atoms with Crippen LogP contribution in [0, 0.1) is 0 Å². The molecule has 1 aromatic carbocycles. The highest BCUT2D eigenvalue weighted by atomic mass is 79.9. The number of aliphatic hydroxyl groups excluding tert-OH is 4. The average molecular weight is 359 g/mol. The molecule has 3 rings (SSSR count). The molecule has 0 amide bonds. The highest BCUT2D eigenvalue weighted by Gasteiger charge is 2.45. The van der Waals surface area contributed by atoms with Crippen LogP contribution in [-0.4, -0.2) is 61.4 Å². The molecule has 0 unspecified atom stereocenters. The van der Waals surface area contributed by atoms with Crippen molar-refractivity contribution in [2.75, 3.05) is 6.61 Å². The maximum Gasteiger partial charge on any atom is 0.144 e. The van der Waals surface area contributed by atoms with Gasteiger partial charge in [-0.25, -0.2) is 4.98 Å². The minimum Gasteiger partial charge on any atom is -0.394 e. The molecule has 0 bridgehead atoms. The van der Waals surface area contributed by atoms with E-state index < -0.39 is 37.1 Å². The highest BCUT2D eigenvalue weighted by Crippen LogP contribution is 2.32. The summed E-state index contributed by atoms with van der Waals surface area (Å²) in [6.07, 6.45) is -6.03. The van der Waals surface area contributed by atoms with E-state index in [0.29, 0.717) is 11.3 Å². The van der Waals surface area contributed by atoms with Crippen molar-refractivity contribution in [3.8, 4) is 0 Å². The monoisotopic (exact) mass is 358 g/mol. The fourth-order valence-corrected chi connectivity index (χ4v) is 2.82. The molecule has 0 aliphatic carbocycles. The molecule has 1 aliphatic heterocycles. The normalized spacial score (nSPS) is 33.5. The van der Waals surface area contributed by atoms with Gasteiger partial charge in [0, 0.05) is 4.47 Å². The summed E-state index contributed by atoms with van der Waals surface area (Å²) in [4.78, 5) is 7.34. The second kappa shape index (κ2) is 5.64. The van der Waals surface area contributed by atoms with Gasteiger partial charge in [0.2, 0.25) is 0 Å². The summed E-state index contributed by atoms with van der Waals surface area (Å²) in [5.41, 5.74) is 1.43. The number of fused-ring (bicyclic) bond motifs is 1. The molecule has 1 saturated heterocycles. The first-order valence-corrected chi connectivity index (χ1v) is 7.26. The lowest BCUT2D eigenvalue weighted by molar-refractivity contribution is -0.233. The Morgan fingerprint density at radius 3 is 2.67 bits per heavy atom. The first kappa shape index (κ1) is 14.9. The Bertz CT molecular complexity index is 647. The Balaban J connectivity index is 1.96. The maximum atomic E-state index is 10.1. The first-order chi connectivity index (χ1) is 10.0. The molecule has 21 heavy (non-hydrogen) atoms. The number of benzene rings is 1. The van der Waals surface area contributed by atoms with E-state index in [0.717, 1.165) is 9.99 Å². The minimum absolute atomic E-state index is 0.333. The molecule has 2 heterocycles. The molecule has 0 radical (unpaired) electrons. The second-order valence-corrected chi connectivity index (χ2v) is 5.95. The van der Waals surface area contributed by atoms with E-state index in [9.17, 15) is 20.4 Å². The van der Waals surface area contributed by atoms with E-state index in [4.69, 9.17) is 4.74 Å². The van der Waals surface area contributed by atoms with E-state index in [1.165, 1.54) is 0 Å². The number of nitrogens with zero attached hydrogens (tertiary/aromatic N) is 1. The molecule has 1 aromatic heterocycles.